The van der Waals surface area contributed by atoms with Crippen LogP contribution in [-0.4, -0.2) is 21.8 Å². The van der Waals surface area contributed by atoms with Gasteiger partial charge in [-0.1, -0.05) is 13.8 Å². The van der Waals surface area contributed by atoms with Gasteiger partial charge in [-0.15, -0.1) is 23.1 Å². The Bertz CT molecular complexity index is 334. The molecule has 0 radical (unpaired) electrons. The highest BCUT2D eigenvalue weighted by Gasteiger charge is 2.16. The van der Waals surface area contributed by atoms with Crippen molar-refractivity contribution in [2.24, 2.45) is 5.92 Å². The minimum atomic E-state index is -0.873. The van der Waals surface area contributed by atoms with E-state index in [-0.39, 0.29) is 0 Å². The van der Waals surface area contributed by atoms with Crippen LogP contribution < -0.4 is 0 Å². The fourth-order valence-electron chi connectivity index (χ4n) is 0.887. The molecular formula is C9H13NO2S2. The normalized spacial score (nSPS) is 10.9. The Morgan fingerprint density at radius 3 is 2.79 bits per heavy atom. The molecule has 0 aliphatic heterocycles. The van der Waals surface area contributed by atoms with E-state index in [0.717, 1.165) is 10.8 Å². The van der Waals surface area contributed by atoms with Gasteiger partial charge in [-0.3, -0.25) is 0 Å². The van der Waals surface area contributed by atoms with Crippen LogP contribution in [0.2, 0.25) is 0 Å². The van der Waals surface area contributed by atoms with E-state index in [0.29, 0.717) is 15.8 Å². The first-order chi connectivity index (χ1) is 6.50. The van der Waals surface area contributed by atoms with Crippen LogP contribution in [0.25, 0.3) is 0 Å². The molecule has 5 heteroatoms. The van der Waals surface area contributed by atoms with Crippen LogP contribution in [0.5, 0.6) is 0 Å². The average Bonchev–Trinajstić information content (AvgIpc) is 2.43. The summed E-state index contributed by atoms with van der Waals surface area (Å²) in [7, 11) is 0. The third-order valence-electron chi connectivity index (χ3n) is 1.45. The van der Waals surface area contributed by atoms with Crippen molar-refractivity contribution in [3.63, 3.8) is 0 Å². The molecule has 3 nitrogen and oxygen atoms in total. The lowest BCUT2D eigenvalue weighted by atomic mass is 10.3. The molecule has 0 aliphatic rings. The maximum absolute atomic E-state index is 10.8. The number of carboxylic acid groups (broad SMARTS) is 1. The Morgan fingerprint density at radius 2 is 2.29 bits per heavy atom. The van der Waals surface area contributed by atoms with Gasteiger partial charge in [0, 0.05) is 5.75 Å². The van der Waals surface area contributed by atoms with Crippen molar-refractivity contribution >= 4 is 29.1 Å². The van der Waals surface area contributed by atoms with Gasteiger partial charge in [-0.05, 0) is 12.8 Å². The van der Waals surface area contributed by atoms with Gasteiger partial charge in [0.15, 0.2) is 0 Å². The second kappa shape index (κ2) is 4.79. The molecule has 1 heterocycles. The number of nitrogens with zero attached hydrogens (tertiary/aromatic N) is 1. The average molecular weight is 231 g/mol. The molecule has 0 spiro atoms. The van der Waals surface area contributed by atoms with Crippen molar-refractivity contribution in [3.05, 3.63) is 9.88 Å². The fraction of sp³-hybridized carbons (Fsp3) is 0.556. The van der Waals surface area contributed by atoms with Crippen molar-refractivity contribution in [1.82, 2.24) is 4.98 Å². The van der Waals surface area contributed by atoms with Crippen molar-refractivity contribution < 1.29 is 9.90 Å². The molecule has 0 saturated heterocycles. The summed E-state index contributed by atoms with van der Waals surface area (Å²) in [5.41, 5.74) is 0. The van der Waals surface area contributed by atoms with Crippen LogP contribution in [0.15, 0.2) is 5.03 Å². The summed E-state index contributed by atoms with van der Waals surface area (Å²) in [6.07, 6.45) is 0. The van der Waals surface area contributed by atoms with Gasteiger partial charge in [0.05, 0.1) is 5.01 Å². The summed E-state index contributed by atoms with van der Waals surface area (Å²) in [5.74, 6) is 0.578. The second-order valence-electron chi connectivity index (χ2n) is 3.38. The molecule has 0 saturated carbocycles. The number of hydrogen-bond acceptors (Lipinski definition) is 4. The summed E-state index contributed by atoms with van der Waals surface area (Å²) in [5, 5.41) is 10.4. The van der Waals surface area contributed by atoms with Crippen molar-refractivity contribution in [3.8, 4) is 0 Å². The smallest absolute Gasteiger partial charge is 0.348 e. The van der Waals surface area contributed by atoms with Crippen molar-refractivity contribution in [2.45, 2.75) is 25.8 Å². The number of carbonyl (C=O) groups is 1. The Balaban J connectivity index is 2.79. The van der Waals surface area contributed by atoms with E-state index in [2.05, 4.69) is 18.8 Å². The Kier molecular flexibility index (Phi) is 3.95. The summed E-state index contributed by atoms with van der Waals surface area (Å²) < 4.78 is 0. The lowest BCUT2D eigenvalue weighted by Crippen LogP contribution is -1.97. The van der Waals surface area contributed by atoms with Gasteiger partial charge >= 0.3 is 5.97 Å². The predicted molar refractivity (Wildman–Crippen MR) is 59.4 cm³/mol. The summed E-state index contributed by atoms with van der Waals surface area (Å²) in [6, 6.07) is 0. The maximum atomic E-state index is 10.8. The van der Waals surface area contributed by atoms with Gasteiger partial charge in [-0.25, -0.2) is 9.78 Å². The van der Waals surface area contributed by atoms with Crippen LogP contribution in [0, 0.1) is 12.8 Å². The van der Waals surface area contributed by atoms with Gasteiger partial charge in [0.25, 0.3) is 0 Å². The van der Waals surface area contributed by atoms with Crippen LogP contribution in [-0.2, 0) is 0 Å². The number of carboxylic acids is 1. The zero-order valence-electron chi connectivity index (χ0n) is 8.40. The first-order valence-electron chi connectivity index (χ1n) is 4.34. The zero-order chi connectivity index (χ0) is 10.7. The SMILES string of the molecule is Cc1nc(SCC(C)C)c(C(=O)O)s1. The minimum absolute atomic E-state index is 0.369. The number of thioether (sulfide) groups is 1. The maximum Gasteiger partial charge on any atom is 0.348 e. The van der Waals surface area contributed by atoms with E-state index >= 15 is 0 Å². The Hall–Kier alpha value is -0.550. The molecule has 1 aromatic heterocycles. The molecule has 0 fully saturated rings. The summed E-state index contributed by atoms with van der Waals surface area (Å²) >= 11 is 2.77. The molecule has 1 aromatic rings. The predicted octanol–water partition coefficient (Wildman–Crippen LogP) is 2.90. The standard InChI is InChI=1S/C9H13NO2S2/c1-5(2)4-13-8-7(9(11)12)14-6(3)10-8/h5H,4H2,1-3H3,(H,11,12). The van der Waals surface area contributed by atoms with Crippen LogP contribution in [0.3, 0.4) is 0 Å². The molecule has 0 aromatic carbocycles. The number of thiazole rings is 1. The molecule has 0 amide bonds. The molecule has 78 valence electrons. The number of aryl methyl sites for hydroxylation is 1. The number of rotatable bonds is 4. The first kappa shape index (κ1) is 11.5. The fourth-order valence-corrected chi connectivity index (χ4v) is 2.81. The minimum Gasteiger partial charge on any atom is -0.477 e. The quantitative estimate of drug-likeness (QED) is 0.809. The van der Waals surface area contributed by atoms with E-state index in [9.17, 15) is 4.79 Å². The molecule has 1 rings (SSSR count). The summed E-state index contributed by atoms with van der Waals surface area (Å²) in [4.78, 5) is 15.4. The molecule has 0 aliphatic carbocycles. The molecule has 0 bridgehead atoms. The van der Waals surface area contributed by atoms with Crippen molar-refractivity contribution in [1.29, 1.82) is 0 Å². The van der Waals surface area contributed by atoms with E-state index in [1.165, 1.54) is 23.1 Å². The van der Waals surface area contributed by atoms with Gasteiger partial charge in [0.2, 0.25) is 0 Å². The zero-order valence-corrected chi connectivity index (χ0v) is 10.0. The Morgan fingerprint density at radius 1 is 1.64 bits per heavy atom. The largest absolute Gasteiger partial charge is 0.477 e. The molecule has 0 atom stereocenters. The number of aromatic carboxylic acids is 1. The lowest BCUT2D eigenvalue weighted by Gasteiger charge is -2.01. The molecular weight excluding hydrogens is 218 g/mol. The number of aromatic nitrogens is 1. The van der Waals surface area contributed by atoms with Gasteiger partial charge < -0.3 is 5.11 Å². The Labute approximate surface area is 91.6 Å². The first-order valence-corrected chi connectivity index (χ1v) is 6.14. The second-order valence-corrected chi connectivity index (χ2v) is 5.59. The molecule has 1 N–H and O–H groups in total. The van der Waals surface area contributed by atoms with Crippen LogP contribution in [0.1, 0.15) is 28.5 Å². The van der Waals surface area contributed by atoms with Gasteiger partial charge in [0.1, 0.15) is 9.90 Å². The highest BCUT2D eigenvalue weighted by molar-refractivity contribution is 7.99. The van der Waals surface area contributed by atoms with E-state index in [1.54, 1.807) is 0 Å². The van der Waals surface area contributed by atoms with Crippen LogP contribution >= 0.6 is 23.1 Å². The van der Waals surface area contributed by atoms with E-state index in [4.69, 9.17) is 5.11 Å². The topological polar surface area (TPSA) is 50.2 Å². The highest BCUT2D eigenvalue weighted by atomic mass is 32.2. The molecule has 0 unspecified atom stereocenters. The molecule has 14 heavy (non-hydrogen) atoms. The lowest BCUT2D eigenvalue weighted by molar-refractivity contribution is 0.0698. The number of hydrogen-bond donors (Lipinski definition) is 1. The van der Waals surface area contributed by atoms with Crippen LogP contribution in [0.4, 0.5) is 0 Å². The summed E-state index contributed by atoms with van der Waals surface area (Å²) in [6.45, 7) is 6.04. The third kappa shape index (κ3) is 2.99. The van der Waals surface area contributed by atoms with E-state index < -0.39 is 5.97 Å². The third-order valence-corrected chi connectivity index (χ3v) is 3.94. The van der Waals surface area contributed by atoms with Crippen molar-refractivity contribution in [2.75, 3.05) is 5.75 Å². The van der Waals surface area contributed by atoms with Gasteiger partial charge in [-0.2, -0.15) is 0 Å². The van der Waals surface area contributed by atoms with E-state index in [1.807, 2.05) is 6.92 Å². The highest BCUT2D eigenvalue weighted by Crippen LogP contribution is 2.28. The monoisotopic (exact) mass is 231 g/mol.